The first-order valence-electron chi connectivity index (χ1n) is 12.3. The monoisotopic (exact) mass is 546 g/mol. The predicted molar refractivity (Wildman–Crippen MR) is 134 cm³/mol. The maximum Gasteiger partial charge on any atom is 0.407 e. The van der Waals surface area contributed by atoms with Crippen LogP contribution in [0.25, 0.3) is 10.8 Å². The van der Waals surface area contributed by atoms with Crippen LogP contribution in [0, 0.1) is 11.8 Å². The molecular weight excluding hydrogens is 518 g/mol. The number of aromatic nitrogens is 1. The first kappa shape index (κ1) is 27.8. The van der Waals surface area contributed by atoms with Crippen LogP contribution < -0.4 is 20.5 Å². The lowest BCUT2D eigenvalue weighted by Crippen LogP contribution is -2.45. The van der Waals surface area contributed by atoms with Crippen LogP contribution in [0.4, 0.5) is 13.6 Å². The number of hydrogen-bond acceptors (Lipinski definition) is 7. The molecule has 13 heteroatoms. The normalized spacial score (nSPS) is 19.8. The number of nitrogens with two attached hydrogens (primary N) is 1. The van der Waals surface area contributed by atoms with E-state index in [1.54, 1.807) is 13.8 Å². The van der Waals surface area contributed by atoms with Gasteiger partial charge >= 0.3 is 12.0 Å². The molecule has 3 heterocycles. The molecule has 2 aliphatic rings. The van der Waals surface area contributed by atoms with E-state index >= 15 is 0 Å². The molecular formula is C26H28F2N4O7. The van der Waals surface area contributed by atoms with Crippen LogP contribution in [0.15, 0.2) is 18.3 Å². The standard InChI is InChI=1S/C26H28F2N4O7/c1-14(2)39-20-10-18-17(9-19(20)21(29)33)15(3-4-25(37)5-7-32(8-6-25)24(35)36)12-30-22(18)38-13-16-11-26(27,28)23(34)31-16/h9-10,12,14,16,37H,5-8,11,13H2,1-2H3,(H2,29,33)(H,31,34)(H,35,36)/t16-/m0/s1. The molecule has 0 unspecified atom stereocenters. The number of carbonyl (C=O) groups excluding carboxylic acids is 2. The van der Waals surface area contributed by atoms with Gasteiger partial charge in [0.25, 0.3) is 11.8 Å². The number of likely N-dealkylation sites (tertiary alicyclic amines) is 1. The fourth-order valence-electron chi connectivity index (χ4n) is 4.40. The summed E-state index contributed by atoms with van der Waals surface area (Å²) < 4.78 is 38.7. The number of nitrogens with zero attached hydrogens (tertiary/aromatic N) is 2. The molecule has 5 N–H and O–H groups in total. The maximum absolute atomic E-state index is 13.6. The van der Waals surface area contributed by atoms with Gasteiger partial charge in [0.15, 0.2) is 0 Å². The third-order valence-electron chi connectivity index (χ3n) is 6.46. The van der Waals surface area contributed by atoms with Gasteiger partial charge in [0.2, 0.25) is 5.88 Å². The van der Waals surface area contributed by atoms with E-state index < -0.39 is 41.9 Å². The zero-order valence-electron chi connectivity index (χ0n) is 21.3. The zero-order chi connectivity index (χ0) is 28.5. The number of primary amides is 1. The summed E-state index contributed by atoms with van der Waals surface area (Å²) in [7, 11) is 0. The van der Waals surface area contributed by atoms with Crippen molar-refractivity contribution in [1.29, 1.82) is 0 Å². The van der Waals surface area contributed by atoms with Crippen molar-refractivity contribution in [2.75, 3.05) is 19.7 Å². The summed E-state index contributed by atoms with van der Waals surface area (Å²) in [4.78, 5) is 40.3. The van der Waals surface area contributed by atoms with Crippen molar-refractivity contribution >= 4 is 28.7 Å². The van der Waals surface area contributed by atoms with Gasteiger partial charge in [-0.25, -0.2) is 9.78 Å². The number of carboxylic acid groups (broad SMARTS) is 1. The van der Waals surface area contributed by atoms with Gasteiger partial charge in [-0.1, -0.05) is 11.8 Å². The second kappa shape index (κ2) is 10.5. The van der Waals surface area contributed by atoms with E-state index in [1.165, 1.54) is 23.2 Å². The Morgan fingerprint density at radius 3 is 2.54 bits per heavy atom. The third-order valence-corrected chi connectivity index (χ3v) is 6.46. The molecule has 2 aliphatic heterocycles. The minimum atomic E-state index is -3.49. The van der Waals surface area contributed by atoms with Crippen molar-refractivity contribution in [3.8, 4) is 23.5 Å². The molecule has 3 amide bonds. The molecule has 0 spiro atoms. The molecule has 11 nitrogen and oxygen atoms in total. The Kier molecular flexibility index (Phi) is 7.52. The van der Waals surface area contributed by atoms with Gasteiger partial charge in [-0.05, 0) is 26.0 Å². The molecule has 4 rings (SSSR count). The predicted octanol–water partition coefficient (Wildman–Crippen LogP) is 1.88. The Morgan fingerprint density at radius 1 is 1.28 bits per heavy atom. The molecule has 208 valence electrons. The summed E-state index contributed by atoms with van der Waals surface area (Å²) in [5, 5.41) is 22.9. The number of carbonyl (C=O) groups is 3. The Hall–Kier alpha value is -4.18. The number of fused-ring (bicyclic) bond motifs is 1. The molecule has 2 aromatic rings. The molecule has 39 heavy (non-hydrogen) atoms. The highest BCUT2D eigenvalue weighted by molar-refractivity contribution is 6.03. The van der Waals surface area contributed by atoms with Crippen LogP contribution >= 0.6 is 0 Å². The Morgan fingerprint density at radius 2 is 1.97 bits per heavy atom. The van der Waals surface area contributed by atoms with E-state index in [0.29, 0.717) is 16.3 Å². The molecule has 2 saturated heterocycles. The summed E-state index contributed by atoms with van der Waals surface area (Å²) in [5.41, 5.74) is 4.53. The summed E-state index contributed by atoms with van der Waals surface area (Å²) in [6.07, 6.45) is -0.558. The number of halogens is 2. The van der Waals surface area contributed by atoms with Gasteiger partial charge in [-0.3, -0.25) is 9.59 Å². The van der Waals surface area contributed by atoms with Crippen LogP contribution in [0.2, 0.25) is 0 Å². The van der Waals surface area contributed by atoms with Gasteiger partial charge in [0.05, 0.1) is 23.3 Å². The van der Waals surface area contributed by atoms with Crippen molar-refractivity contribution in [3.63, 3.8) is 0 Å². The summed E-state index contributed by atoms with van der Waals surface area (Å²) in [5.74, 6) is 0.235. The summed E-state index contributed by atoms with van der Waals surface area (Å²) >= 11 is 0. The number of aliphatic hydroxyl groups is 1. The molecule has 0 aliphatic carbocycles. The van der Waals surface area contributed by atoms with Gasteiger partial charge in [0.1, 0.15) is 18.0 Å². The average molecular weight is 547 g/mol. The molecule has 2 fully saturated rings. The highest BCUT2D eigenvalue weighted by Gasteiger charge is 2.48. The minimum absolute atomic E-state index is 0.0260. The zero-order valence-corrected chi connectivity index (χ0v) is 21.3. The lowest BCUT2D eigenvalue weighted by atomic mass is 9.91. The fourth-order valence-corrected chi connectivity index (χ4v) is 4.40. The van der Waals surface area contributed by atoms with Crippen molar-refractivity contribution in [2.24, 2.45) is 5.73 Å². The molecule has 0 saturated carbocycles. The number of benzene rings is 1. The fraction of sp³-hybridized carbons (Fsp3) is 0.462. The van der Waals surface area contributed by atoms with E-state index in [-0.39, 0.29) is 55.8 Å². The van der Waals surface area contributed by atoms with Crippen molar-refractivity contribution in [3.05, 3.63) is 29.5 Å². The van der Waals surface area contributed by atoms with E-state index in [1.807, 2.05) is 0 Å². The Labute approximate surface area is 222 Å². The number of pyridine rings is 1. The SMILES string of the molecule is CC(C)Oc1cc2c(OC[C@@H]3CC(F)(F)C(=O)N3)ncc(C#CC3(O)CCN(C(=O)O)CC3)c2cc1C(N)=O. The van der Waals surface area contributed by atoms with E-state index in [0.717, 1.165) is 0 Å². The third kappa shape index (κ3) is 6.12. The van der Waals surface area contributed by atoms with Crippen LogP contribution in [-0.4, -0.2) is 81.4 Å². The van der Waals surface area contributed by atoms with Crippen molar-refractivity contribution < 1.29 is 42.9 Å². The smallest absolute Gasteiger partial charge is 0.407 e. The number of alkyl halides is 2. The number of piperidine rings is 1. The molecule has 0 radical (unpaired) electrons. The minimum Gasteiger partial charge on any atom is -0.490 e. The Bertz CT molecular complexity index is 1380. The van der Waals surface area contributed by atoms with Crippen molar-refractivity contribution in [1.82, 2.24) is 15.2 Å². The largest absolute Gasteiger partial charge is 0.490 e. The van der Waals surface area contributed by atoms with E-state index in [2.05, 4.69) is 22.1 Å². The molecule has 1 aromatic carbocycles. The molecule has 0 bridgehead atoms. The van der Waals surface area contributed by atoms with Gasteiger partial charge in [-0.2, -0.15) is 8.78 Å². The molecule has 1 aromatic heterocycles. The number of amides is 3. The van der Waals surface area contributed by atoms with Gasteiger partial charge < -0.3 is 35.6 Å². The molecule has 1 atom stereocenters. The topological polar surface area (TPSA) is 164 Å². The lowest BCUT2D eigenvalue weighted by molar-refractivity contribution is -0.139. The van der Waals surface area contributed by atoms with E-state index in [9.17, 15) is 28.3 Å². The number of rotatable bonds is 6. The summed E-state index contributed by atoms with van der Waals surface area (Å²) in [6, 6.07) is 2.01. The van der Waals surface area contributed by atoms with Crippen LogP contribution in [-0.2, 0) is 4.79 Å². The van der Waals surface area contributed by atoms with Gasteiger partial charge in [-0.15, -0.1) is 0 Å². The van der Waals surface area contributed by atoms with E-state index in [4.69, 9.17) is 20.3 Å². The number of hydrogen-bond donors (Lipinski definition) is 4. The second-order valence-electron chi connectivity index (χ2n) is 9.84. The highest BCUT2D eigenvalue weighted by atomic mass is 19.3. The van der Waals surface area contributed by atoms with Crippen molar-refractivity contribution in [2.45, 2.75) is 56.8 Å². The number of ether oxygens (including phenoxy) is 2. The summed E-state index contributed by atoms with van der Waals surface area (Å²) in [6.45, 7) is 3.46. The van der Waals surface area contributed by atoms with Crippen LogP contribution in [0.1, 0.15) is 49.0 Å². The van der Waals surface area contributed by atoms with Crippen LogP contribution in [0.5, 0.6) is 11.6 Å². The first-order valence-corrected chi connectivity index (χ1v) is 12.3. The highest BCUT2D eigenvalue weighted by Crippen LogP contribution is 2.34. The quantitative estimate of drug-likeness (QED) is 0.399. The lowest BCUT2D eigenvalue weighted by Gasteiger charge is -2.33. The Balaban J connectivity index is 1.72. The van der Waals surface area contributed by atoms with Gasteiger partial charge in [0, 0.05) is 49.3 Å². The average Bonchev–Trinajstić information content (AvgIpc) is 3.12. The first-order chi connectivity index (χ1) is 18.3. The van der Waals surface area contributed by atoms with Crippen LogP contribution in [0.3, 0.4) is 0 Å². The second-order valence-corrected chi connectivity index (χ2v) is 9.84. The maximum atomic E-state index is 13.6. The number of nitrogens with one attached hydrogen (secondary N) is 1.